The van der Waals surface area contributed by atoms with Crippen LogP contribution in [0.2, 0.25) is 0 Å². The van der Waals surface area contributed by atoms with Gasteiger partial charge in [-0.2, -0.15) is 5.26 Å². The summed E-state index contributed by atoms with van der Waals surface area (Å²) in [5.41, 5.74) is 1.73. The van der Waals surface area contributed by atoms with Crippen LogP contribution in [0.3, 0.4) is 0 Å². The van der Waals surface area contributed by atoms with Crippen molar-refractivity contribution in [3.8, 4) is 6.07 Å². The molecule has 0 unspecified atom stereocenters. The number of carbonyl (C=O) groups is 1. The normalized spacial score (nSPS) is 20.4. The van der Waals surface area contributed by atoms with Gasteiger partial charge in [-0.05, 0) is 49.8 Å². The van der Waals surface area contributed by atoms with Crippen LogP contribution >= 0.6 is 0 Å². The van der Waals surface area contributed by atoms with E-state index >= 15 is 0 Å². The third-order valence-corrected chi connectivity index (χ3v) is 6.07. The minimum atomic E-state index is -0.174. The average Bonchev–Trinajstić information content (AvgIpc) is 2.75. The summed E-state index contributed by atoms with van der Waals surface area (Å²) in [5, 5.41) is 12.3. The Labute approximate surface area is 167 Å². The number of hydrogen-bond acceptors (Lipinski definition) is 5. The summed E-state index contributed by atoms with van der Waals surface area (Å²) in [6.07, 6.45) is 4.35. The van der Waals surface area contributed by atoms with Crippen molar-refractivity contribution in [1.29, 1.82) is 5.26 Å². The zero-order chi connectivity index (χ0) is 19.8. The number of rotatable bonds is 7. The highest BCUT2D eigenvalue weighted by Gasteiger charge is 2.37. The standard InChI is InChI=1S/C22H31N3O3/c1-27-15-10-22(24-21(26)20-6-13-28-14-7-20)8-11-25(12-9-22)17-19-4-2-18(16-23)3-5-19/h2-5,20H,6-15,17H2,1H3,(H,24,26). The number of methoxy groups -OCH3 is 1. The number of amides is 1. The summed E-state index contributed by atoms with van der Waals surface area (Å²) < 4.78 is 10.7. The molecular formula is C22H31N3O3. The van der Waals surface area contributed by atoms with E-state index in [0.29, 0.717) is 25.4 Å². The lowest BCUT2D eigenvalue weighted by Crippen LogP contribution is -2.57. The smallest absolute Gasteiger partial charge is 0.223 e. The van der Waals surface area contributed by atoms with Crippen LogP contribution in [0.4, 0.5) is 0 Å². The van der Waals surface area contributed by atoms with Gasteiger partial charge in [-0.3, -0.25) is 9.69 Å². The first kappa shape index (κ1) is 20.8. The second-order valence-corrected chi connectivity index (χ2v) is 7.98. The lowest BCUT2D eigenvalue weighted by Gasteiger charge is -2.43. The van der Waals surface area contributed by atoms with E-state index in [1.54, 1.807) is 7.11 Å². The number of nitrogens with one attached hydrogen (secondary N) is 1. The number of ether oxygens (including phenoxy) is 2. The van der Waals surface area contributed by atoms with Gasteiger partial charge in [0.1, 0.15) is 0 Å². The molecule has 6 heteroatoms. The summed E-state index contributed by atoms with van der Waals surface area (Å²) >= 11 is 0. The van der Waals surface area contributed by atoms with Gasteiger partial charge in [0, 0.05) is 58.0 Å². The van der Waals surface area contributed by atoms with Gasteiger partial charge < -0.3 is 14.8 Å². The van der Waals surface area contributed by atoms with E-state index in [1.807, 2.05) is 24.3 Å². The van der Waals surface area contributed by atoms with Crippen molar-refractivity contribution in [1.82, 2.24) is 10.2 Å². The molecule has 0 atom stereocenters. The van der Waals surface area contributed by atoms with E-state index in [9.17, 15) is 4.79 Å². The van der Waals surface area contributed by atoms with Gasteiger partial charge in [-0.1, -0.05) is 12.1 Å². The third-order valence-electron chi connectivity index (χ3n) is 6.07. The third kappa shape index (κ3) is 5.54. The molecule has 2 saturated heterocycles. The molecule has 6 nitrogen and oxygen atoms in total. The van der Waals surface area contributed by atoms with Crippen LogP contribution in [0.15, 0.2) is 24.3 Å². The maximum Gasteiger partial charge on any atom is 0.223 e. The molecule has 1 aromatic carbocycles. The second kappa shape index (κ2) is 10.0. The summed E-state index contributed by atoms with van der Waals surface area (Å²) in [6, 6.07) is 9.95. The Kier molecular flexibility index (Phi) is 7.43. The van der Waals surface area contributed by atoms with Gasteiger partial charge in [0.15, 0.2) is 0 Å². The molecule has 28 heavy (non-hydrogen) atoms. The lowest BCUT2D eigenvalue weighted by atomic mass is 9.83. The van der Waals surface area contributed by atoms with Gasteiger partial charge in [0.25, 0.3) is 0 Å². The zero-order valence-corrected chi connectivity index (χ0v) is 16.8. The number of nitriles is 1. The second-order valence-electron chi connectivity index (χ2n) is 7.98. The molecule has 2 fully saturated rings. The van der Waals surface area contributed by atoms with Crippen molar-refractivity contribution < 1.29 is 14.3 Å². The van der Waals surface area contributed by atoms with Crippen LogP contribution < -0.4 is 5.32 Å². The molecule has 0 bridgehead atoms. The summed E-state index contributed by atoms with van der Waals surface area (Å²) in [4.78, 5) is 15.2. The Hall–Kier alpha value is -1.94. The van der Waals surface area contributed by atoms with Crippen LogP contribution in [0.1, 0.15) is 43.2 Å². The molecule has 2 aliphatic rings. The number of benzene rings is 1. The molecule has 152 valence electrons. The first-order valence-electron chi connectivity index (χ1n) is 10.2. The molecular weight excluding hydrogens is 354 g/mol. The highest BCUT2D eigenvalue weighted by molar-refractivity contribution is 5.79. The number of carbonyl (C=O) groups excluding carboxylic acids is 1. The number of likely N-dealkylation sites (tertiary alicyclic amines) is 1. The molecule has 2 heterocycles. The summed E-state index contributed by atoms with van der Waals surface area (Å²) in [7, 11) is 1.72. The maximum atomic E-state index is 12.8. The first-order chi connectivity index (χ1) is 13.6. The monoisotopic (exact) mass is 385 g/mol. The Bertz CT molecular complexity index is 669. The van der Waals surface area contributed by atoms with Gasteiger partial charge in [0.2, 0.25) is 5.91 Å². The Morgan fingerprint density at radius 1 is 1.29 bits per heavy atom. The highest BCUT2D eigenvalue weighted by Crippen LogP contribution is 2.28. The molecule has 0 aliphatic carbocycles. The molecule has 1 aromatic rings. The largest absolute Gasteiger partial charge is 0.385 e. The zero-order valence-electron chi connectivity index (χ0n) is 16.8. The van der Waals surface area contributed by atoms with Crippen LogP contribution in [0, 0.1) is 17.2 Å². The molecule has 0 aromatic heterocycles. The predicted octanol–water partition coefficient (Wildman–Crippen LogP) is 2.47. The van der Waals surface area contributed by atoms with Crippen molar-refractivity contribution >= 4 is 5.91 Å². The Morgan fingerprint density at radius 2 is 1.96 bits per heavy atom. The van der Waals surface area contributed by atoms with Crippen molar-refractivity contribution in [3.63, 3.8) is 0 Å². The van der Waals surface area contributed by atoms with E-state index < -0.39 is 0 Å². The van der Waals surface area contributed by atoms with Crippen molar-refractivity contribution in [3.05, 3.63) is 35.4 Å². The first-order valence-corrected chi connectivity index (χ1v) is 10.2. The summed E-state index contributed by atoms with van der Waals surface area (Å²) in [5.74, 6) is 0.254. The minimum absolute atomic E-state index is 0.0739. The van der Waals surface area contributed by atoms with E-state index in [1.165, 1.54) is 5.56 Å². The van der Waals surface area contributed by atoms with E-state index in [2.05, 4.69) is 16.3 Å². The number of piperidine rings is 1. The van der Waals surface area contributed by atoms with Crippen LogP contribution in [-0.2, 0) is 20.8 Å². The highest BCUT2D eigenvalue weighted by atomic mass is 16.5. The maximum absolute atomic E-state index is 12.8. The number of hydrogen-bond donors (Lipinski definition) is 1. The predicted molar refractivity (Wildman–Crippen MR) is 107 cm³/mol. The van der Waals surface area contributed by atoms with Gasteiger partial charge >= 0.3 is 0 Å². The van der Waals surface area contributed by atoms with Crippen LogP contribution in [0.25, 0.3) is 0 Å². The van der Waals surface area contributed by atoms with Crippen molar-refractivity contribution in [2.45, 2.75) is 44.2 Å². The molecule has 2 aliphatic heterocycles. The molecule has 0 saturated carbocycles. The molecule has 0 radical (unpaired) electrons. The average molecular weight is 386 g/mol. The van der Waals surface area contributed by atoms with E-state index in [0.717, 1.165) is 51.7 Å². The fourth-order valence-corrected chi connectivity index (χ4v) is 4.14. The van der Waals surface area contributed by atoms with Crippen LogP contribution in [0.5, 0.6) is 0 Å². The molecule has 3 rings (SSSR count). The summed E-state index contributed by atoms with van der Waals surface area (Å²) in [6.45, 7) is 4.78. The van der Waals surface area contributed by atoms with E-state index in [4.69, 9.17) is 14.7 Å². The molecule has 0 spiro atoms. The lowest BCUT2D eigenvalue weighted by molar-refractivity contribution is -0.130. The molecule has 1 N–H and O–H groups in total. The van der Waals surface area contributed by atoms with Gasteiger partial charge in [-0.25, -0.2) is 0 Å². The van der Waals surface area contributed by atoms with Gasteiger partial charge in [0.05, 0.1) is 11.6 Å². The Morgan fingerprint density at radius 3 is 2.57 bits per heavy atom. The van der Waals surface area contributed by atoms with Crippen LogP contribution in [-0.4, -0.2) is 56.4 Å². The minimum Gasteiger partial charge on any atom is -0.385 e. The quantitative estimate of drug-likeness (QED) is 0.780. The number of nitrogens with zero attached hydrogens (tertiary/aromatic N) is 2. The Balaban J connectivity index is 1.57. The van der Waals surface area contributed by atoms with Crippen molar-refractivity contribution in [2.75, 3.05) is 40.0 Å². The SMILES string of the molecule is COCCC1(NC(=O)C2CCOCC2)CCN(Cc2ccc(C#N)cc2)CC1. The van der Waals surface area contributed by atoms with Crippen molar-refractivity contribution in [2.24, 2.45) is 5.92 Å². The molecule has 1 amide bonds. The fraction of sp³-hybridized carbons (Fsp3) is 0.636. The van der Waals surface area contributed by atoms with Gasteiger partial charge in [-0.15, -0.1) is 0 Å². The van der Waals surface area contributed by atoms with E-state index in [-0.39, 0.29) is 17.4 Å². The topological polar surface area (TPSA) is 74.6 Å². The fourth-order valence-electron chi connectivity index (χ4n) is 4.14.